The van der Waals surface area contributed by atoms with E-state index in [9.17, 15) is 28.8 Å². The minimum Gasteiger partial charge on any atom is -0.493 e. The van der Waals surface area contributed by atoms with E-state index in [0.717, 1.165) is 9.80 Å². The van der Waals surface area contributed by atoms with E-state index < -0.39 is 47.5 Å². The number of nitrogens with zero attached hydrogens (tertiary/aromatic N) is 2. The first-order valence-corrected chi connectivity index (χ1v) is 14.7. The van der Waals surface area contributed by atoms with E-state index in [1.165, 1.54) is 26.2 Å². The zero-order chi connectivity index (χ0) is 32.3. The summed E-state index contributed by atoms with van der Waals surface area (Å²) >= 11 is 0. The minimum absolute atomic E-state index is 0.00978. The van der Waals surface area contributed by atoms with Gasteiger partial charge in [-0.25, -0.2) is 0 Å². The van der Waals surface area contributed by atoms with E-state index in [4.69, 9.17) is 20.9 Å². The van der Waals surface area contributed by atoms with Gasteiger partial charge in [-0.05, 0) is 64.8 Å². The van der Waals surface area contributed by atoms with Gasteiger partial charge in [0.25, 0.3) is 23.6 Å². The summed E-state index contributed by atoms with van der Waals surface area (Å²) in [5.41, 5.74) is 11.2. The summed E-state index contributed by atoms with van der Waals surface area (Å²) in [5.74, 6) is -4.36. The van der Waals surface area contributed by atoms with Crippen molar-refractivity contribution in [3.63, 3.8) is 0 Å². The molecule has 4 rings (SSSR count). The molecule has 0 saturated heterocycles. The Kier molecular flexibility index (Phi) is 9.85. The van der Waals surface area contributed by atoms with Gasteiger partial charge in [0, 0.05) is 24.9 Å². The molecule has 0 saturated carbocycles. The first-order chi connectivity index (χ1) is 21.1. The van der Waals surface area contributed by atoms with Crippen molar-refractivity contribution < 1.29 is 38.2 Å². The number of benzene rings is 2. The molecule has 2 heterocycles. The number of rotatable bonds is 14. The number of hydrogen-bond acceptors (Lipinski definition) is 10. The van der Waals surface area contributed by atoms with Crippen molar-refractivity contribution >= 4 is 46.2 Å². The van der Waals surface area contributed by atoms with E-state index in [-0.39, 0.29) is 83.7 Å². The SMILES string of the molecule is CCOc1cc2c3c(c(OCC)cc4c3c1C(=O)N([C@H](CCCN)C(=O)NC)C4=O)C(=O)N([C@H](CCCN)C(=O)NC)C2=O. The van der Waals surface area contributed by atoms with Gasteiger partial charge in [0.05, 0.1) is 35.5 Å². The smallest absolute Gasteiger partial charge is 0.265 e. The number of amides is 6. The van der Waals surface area contributed by atoms with Crippen LogP contribution in [0.15, 0.2) is 12.1 Å². The average molecular weight is 611 g/mol. The zero-order valence-corrected chi connectivity index (χ0v) is 25.3. The van der Waals surface area contributed by atoms with Crippen molar-refractivity contribution in [1.82, 2.24) is 20.4 Å². The van der Waals surface area contributed by atoms with Gasteiger partial charge in [-0.3, -0.25) is 38.6 Å². The molecule has 2 aromatic carbocycles. The van der Waals surface area contributed by atoms with E-state index in [1.807, 2.05) is 0 Å². The number of carbonyl (C=O) groups is 6. The molecule has 6 amide bonds. The van der Waals surface area contributed by atoms with Crippen LogP contribution >= 0.6 is 0 Å². The Bertz CT molecular complexity index is 1430. The lowest BCUT2D eigenvalue weighted by Gasteiger charge is -2.37. The van der Waals surface area contributed by atoms with Crippen molar-refractivity contribution in [3.8, 4) is 11.5 Å². The van der Waals surface area contributed by atoms with Gasteiger partial charge in [0.2, 0.25) is 11.8 Å². The van der Waals surface area contributed by atoms with Gasteiger partial charge in [0.15, 0.2) is 0 Å². The Hall–Kier alpha value is -4.56. The summed E-state index contributed by atoms with van der Waals surface area (Å²) in [5, 5.41) is 5.11. The highest BCUT2D eigenvalue weighted by Crippen LogP contribution is 2.46. The molecule has 0 spiro atoms. The molecule has 2 aliphatic heterocycles. The van der Waals surface area contributed by atoms with Gasteiger partial charge in [0.1, 0.15) is 23.6 Å². The number of nitrogens with two attached hydrogens (primary N) is 2. The van der Waals surface area contributed by atoms with E-state index in [0.29, 0.717) is 12.8 Å². The normalized spacial score (nSPS) is 15.4. The maximum atomic E-state index is 14.2. The van der Waals surface area contributed by atoms with Gasteiger partial charge in [-0.15, -0.1) is 0 Å². The van der Waals surface area contributed by atoms with Gasteiger partial charge < -0.3 is 31.6 Å². The molecule has 0 aromatic heterocycles. The van der Waals surface area contributed by atoms with E-state index in [1.54, 1.807) is 13.8 Å². The van der Waals surface area contributed by atoms with Crippen molar-refractivity contribution in [2.45, 2.75) is 51.6 Å². The molecule has 14 nitrogen and oxygen atoms in total. The number of imide groups is 2. The number of likely N-dealkylation sites (N-methyl/N-ethyl adjacent to an activating group) is 2. The molecule has 2 aromatic rings. The van der Waals surface area contributed by atoms with Crippen LogP contribution in [0.1, 0.15) is 81.0 Å². The first-order valence-electron chi connectivity index (χ1n) is 14.7. The molecule has 0 fully saturated rings. The fraction of sp³-hybridized carbons (Fsp3) is 0.467. The number of nitrogens with one attached hydrogen (secondary N) is 2. The molecular weight excluding hydrogens is 572 g/mol. The van der Waals surface area contributed by atoms with Crippen LogP contribution in [0.4, 0.5) is 0 Å². The topological polar surface area (TPSA) is 203 Å². The van der Waals surface area contributed by atoms with Crippen LogP contribution in [-0.4, -0.2) is 97.7 Å². The van der Waals surface area contributed by atoms with Crippen LogP contribution < -0.4 is 31.6 Å². The summed E-state index contributed by atoms with van der Waals surface area (Å²) in [6, 6.07) is 0.324. The lowest BCUT2D eigenvalue weighted by molar-refractivity contribution is -0.125. The van der Waals surface area contributed by atoms with Crippen LogP contribution in [-0.2, 0) is 9.59 Å². The highest BCUT2D eigenvalue weighted by atomic mass is 16.5. The quantitative estimate of drug-likeness (QED) is 0.219. The van der Waals surface area contributed by atoms with Crippen LogP contribution in [0.25, 0.3) is 10.8 Å². The molecule has 44 heavy (non-hydrogen) atoms. The Labute approximate surface area is 254 Å². The summed E-state index contributed by atoms with van der Waals surface area (Å²) in [6.07, 6.45) is 0.932. The molecule has 2 atom stereocenters. The zero-order valence-electron chi connectivity index (χ0n) is 25.3. The second-order valence-corrected chi connectivity index (χ2v) is 10.3. The summed E-state index contributed by atoms with van der Waals surface area (Å²) in [4.78, 5) is 84.3. The van der Waals surface area contributed by atoms with E-state index in [2.05, 4.69) is 10.6 Å². The van der Waals surface area contributed by atoms with Crippen LogP contribution in [0.5, 0.6) is 11.5 Å². The number of hydrogen-bond donors (Lipinski definition) is 4. The monoisotopic (exact) mass is 610 g/mol. The Morgan fingerprint density at radius 3 is 1.36 bits per heavy atom. The largest absolute Gasteiger partial charge is 0.493 e. The van der Waals surface area contributed by atoms with Gasteiger partial charge in [-0.1, -0.05) is 0 Å². The second kappa shape index (κ2) is 13.4. The Balaban J connectivity index is 2.07. The molecule has 0 radical (unpaired) electrons. The molecule has 14 heteroatoms. The third-order valence-corrected chi connectivity index (χ3v) is 7.78. The third kappa shape index (κ3) is 5.24. The fourth-order valence-electron chi connectivity index (χ4n) is 5.85. The predicted molar refractivity (Wildman–Crippen MR) is 160 cm³/mol. The van der Waals surface area contributed by atoms with Crippen molar-refractivity contribution in [3.05, 3.63) is 34.4 Å². The summed E-state index contributed by atoms with van der Waals surface area (Å²) in [6.45, 7) is 4.01. The maximum absolute atomic E-state index is 14.2. The van der Waals surface area contributed by atoms with E-state index >= 15 is 0 Å². The first kappa shape index (κ1) is 32.4. The molecule has 6 N–H and O–H groups in total. The van der Waals surface area contributed by atoms with Crippen LogP contribution in [0.3, 0.4) is 0 Å². The second-order valence-electron chi connectivity index (χ2n) is 10.3. The van der Waals surface area contributed by atoms with Crippen LogP contribution in [0, 0.1) is 0 Å². The fourth-order valence-corrected chi connectivity index (χ4v) is 5.85. The highest BCUT2D eigenvalue weighted by molar-refractivity contribution is 6.35. The number of ether oxygens (including phenoxy) is 2. The Morgan fingerprint density at radius 1 is 0.705 bits per heavy atom. The highest BCUT2D eigenvalue weighted by Gasteiger charge is 2.48. The Morgan fingerprint density at radius 2 is 1.07 bits per heavy atom. The van der Waals surface area contributed by atoms with Crippen molar-refractivity contribution in [1.29, 1.82) is 0 Å². The lowest BCUT2D eigenvalue weighted by atomic mass is 9.83. The maximum Gasteiger partial charge on any atom is 0.265 e. The summed E-state index contributed by atoms with van der Waals surface area (Å²) < 4.78 is 11.7. The van der Waals surface area contributed by atoms with Crippen molar-refractivity contribution in [2.24, 2.45) is 11.5 Å². The molecular formula is C30H38N6O8. The number of carbonyl (C=O) groups excluding carboxylic acids is 6. The van der Waals surface area contributed by atoms with Crippen molar-refractivity contribution in [2.75, 3.05) is 40.4 Å². The lowest BCUT2D eigenvalue weighted by Crippen LogP contribution is -2.55. The van der Waals surface area contributed by atoms with Gasteiger partial charge >= 0.3 is 0 Å². The molecule has 0 aliphatic carbocycles. The minimum atomic E-state index is -1.18. The molecule has 236 valence electrons. The molecule has 0 unspecified atom stereocenters. The van der Waals surface area contributed by atoms with Crippen LogP contribution in [0.2, 0.25) is 0 Å². The molecule has 0 bridgehead atoms. The average Bonchev–Trinajstić information content (AvgIpc) is 3.01. The predicted octanol–water partition coefficient (Wildman–Crippen LogP) is 0.536. The van der Waals surface area contributed by atoms with Gasteiger partial charge in [-0.2, -0.15) is 0 Å². The standard InChI is InChI=1S/C30H38N6O8/c1-5-43-19-13-15-22-21-16(28(40)35(29(41)23(19)21)17(9-7-11-31)25(37)33-3)14-20(44-6-2)24(22)30(42)36(27(15)39)18(10-8-12-32)26(38)34-4/h13-14,17-18H,5-12,31-32H2,1-4H3,(H,33,37)(H,34,38)/t17-,18-/m1/s1. The third-order valence-electron chi connectivity index (χ3n) is 7.78. The molecule has 2 aliphatic rings. The summed E-state index contributed by atoms with van der Waals surface area (Å²) in [7, 11) is 2.80.